The first kappa shape index (κ1) is 23.4. The average Bonchev–Trinajstić information content (AvgIpc) is 2.83. The van der Waals surface area contributed by atoms with Gasteiger partial charge in [0.2, 0.25) is 0 Å². The van der Waals surface area contributed by atoms with E-state index in [1.54, 1.807) is 0 Å². The van der Waals surface area contributed by atoms with Crippen molar-refractivity contribution in [2.45, 2.75) is 84.0 Å². The lowest BCUT2D eigenvalue weighted by Gasteiger charge is -2.36. The first-order valence-electron chi connectivity index (χ1n) is 12.3. The van der Waals surface area contributed by atoms with E-state index in [1.807, 2.05) is 0 Å². The maximum absolute atomic E-state index is 10.1. The summed E-state index contributed by atoms with van der Waals surface area (Å²) in [5.74, 6) is 2.53. The molecule has 1 unspecified atom stereocenters. The second-order valence-electron chi connectivity index (χ2n) is 9.54. The minimum absolute atomic E-state index is 0.305. The summed E-state index contributed by atoms with van der Waals surface area (Å²) in [6, 6.07) is 19.8. The van der Waals surface area contributed by atoms with E-state index in [9.17, 15) is 5.26 Å². The van der Waals surface area contributed by atoms with Crippen LogP contribution in [-0.2, 0) is 5.41 Å². The Labute approximate surface area is 189 Å². The van der Waals surface area contributed by atoms with E-state index in [0.717, 1.165) is 43.5 Å². The number of benzene rings is 2. The Kier molecular flexibility index (Phi) is 8.59. The maximum atomic E-state index is 10.1. The van der Waals surface area contributed by atoms with Gasteiger partial charge >= 0.3 is 0 Å². The Bertz CT molecular complexity index is 823. The molecular weight excluding hydrogens is 378 g/mol. The SMILES string of the molecule is CCCCCOc1ccc(-c2ccc(C3(C#N)CCC(CC(C)CC)CC3)cc2)cc1. The number of nitrogens with zero attached hydrogens (tertiary/aromatic N) is 1. The Morgan fingerprint density at radius 1 is 0.968 bits per heavy atom. The molecule has 1 aliphatic carbocycles. The summed E-state index contributed by atoms with van der Waals surface area (Å²) in [6.07, 6.45) is 10.5. The van der Waals surface area contributed by atoms with Crippen LogP contribution >= 0.6 is 0 Å². The molecule has 0 N–H and O–H groups in total. The van der Waals surface area contributed by atoms with Crippen LogP contribution in [0.25, 0.3) is 11.1 Å². The van der Waals surface area contributed by atoms with Crippen molar-refractivity contribution in [2.24, 2.45) is 11.8 Å². The minimum Gasteiger partial charge on any atom is -0.494 e. The average molecular weight is 418 g/mol. The Hall–Kier alpha value is -2.27. The quantitative estimate of drug-likeness (QED) is 0.364. The smallest absolute Gasteiger partial charge is 0.119 e. The van der Waals surface area contributed by atoms with Crippen LogP contribution < -0.4 is 4.74 Å². The van der Waals surface area contributed by atoms with Crippen molar-refractivity contribution in [2.75, 3.05) is 6.61 Å². The zero-order valence-electron chi connectivity index (χ0n) is 19.7. The zero-order valence-corrected chi connectivity index (χ0v) is 19.7. The van der Waals surface area contributed by atoms with Crippen molar-refractivity contribution in [1.29, 1.82) is 5.26 Å². The van der Waals surface area contributed by atoms with Gasteiger partial charge in [0, 0.05) is 0 Å². The first-order chi connectivity index (χ1) is 15.1. The summed E-state index contributed by atoms with van der Waals surface area (Å²) in [5.41, 5.74) is 3.27. The van der Waals surface area contributed by atoms with Gasteiger partial charge in [-0.1, -0.05) is 76.4 Å². The molecule has 3 rings (SSSR count). The van der Waals surface area contributed by atoms with Crippen LogP contribution in [0.2, 0.25) is 0 Å². The molecule has 0 bridgehead atoms. The van der Waals surface area contributed by atoms with Crippen LogP contribution in [0.5, 0.6) is 5.75 Å². The zero-order chi connectivity index (χ0) is 22.1. The highest BCUT2D eigenvalue weighted by molar-refractivity contribution is 5.64. The molecule has 2 nitrogen and oxygen atoms in total. The lowest BCUT2D eigenvalue weighted by Crippen LogP contribution is -2.30. The molecule has 0 amide bonds. The van der Waals surface area contributed by atoms with Crippen molar-refractivity contribution >= 4 is 0 Å². The van der Waals surface area contributed by atoms with Gasteiger partial charge in [-0.3, -0.25) is 0 Å². The standard InChI is InChI=1S/C29H39NO/c1-4-6-7-20-31-28-14-10-26(11-15-28)25-8-12-27(13-9-25)29(22-30)18-16-24(17-19-29)21-23(3)5-2/h8-15,23-24H,4-7,16-21H2,1-3H3. The third-order valence-corrected chi connectivity index (χ3v) is 7.25. The van der Waals surface area contributed by atoms with Crippen molar-refractivity contribution < 1.29 is 4.74 Å². The number of ether oxygens (including phenoxy) is 1. The molecule has 0 aromatic heterocycles. The molecule has 1 atom stereocenters. The molecule has 0 saturated heterocycles. The number of hydrogen-bond acceptors (Lipinski definition) is 2. The highest BCUT2D eigenvalue weighted by Crippen LogP contribution is 2.43. The predicted octanol–water partition coefficient (Wildman–Crippen LogP) is 8.31. The number of unbranched alkanes of at least 4 members (excludes halogenated alkanes) is 2. The van der Waals surface area contributed by atoms with Gasteiger partial charge in [-0.2, -0.15) is 5.26 Å². The topological polar surface area (TPSA) is 33.0 Å². The van der Waals surface area contributed by atoms with Crippen LogP contribution in [0.15, 0.2) is 48.5 Å². The molecule has 31 heavy (non-hydrogen) atoms. The van der Waals surface area contributed by atoms with E-state index in [-0.39, 0.29) is 5.41 Å². The number of hydrogen-bond donors (Lipinski definition) is 0. The third-order valence-electron chi connectivity index (χ3n) is 7.25. The fourth-order valence-electron chi connectivity index (χ4n) is 4.87. The molecule has 166 valence electrons. The van der Waals surface area contributed by atoms with E-state index < -0.39 is 0 Å². The number of nitriles is 1. The minimum atomic E-state index is -0.305. The lowest BCUT2D eigenvalue weighted by atomic mass is 9.66. The molecular formula is C29H39NO. The fraction of sp³-hybridized carbons (Fsp3) is 0.552. The largest absolute Gasteiger partial charge is 0.494 e. The van der Waals surface area contributed by atoms with Gasteiger partial charge in [0.15, 0.2) is 0 Å². The van der Waals surface area contributed by atoms with Crippen molar-refractivity contribution in [3.8, 4) is 22.9 Å². The Balaban J connectivity index is 1.62. The van der Waals surface area contributed by atoms with Gasteiger partial charge in [-0.05, 0) is 79.2 Å². The van der Waals surface area contributed by atoms with Crippen molar-refractivity contribution in [1.82, 2.24) is 0 Å². The molecule has 1 saturated carbocycles. The Morgan fingerprint density at radius 3 is 2.13 bits per heavy atom. The van der Waals surface area contributed by atoms with E-state index in [4.69, 9.17) is 4.74 Å². The van der Waals surface area contributed by atoms with Gasteiger partial charge < -0.3 is 4.74 Å². The first-order valence-corrected chi connectivity index (χ1v) is 12.3. The van der Waals surface area contributed by atoms with Crippen LogP contribution in [-0.4, -0.2) is 6.61 Å². The second-order valence-corrected chi connectivity index (χ2v) is 9.54. The molecule has 2 heteroatoms. The predicted molar refractivity (Wildman–Crippen MR) is 130 cm³/mol. The van der Waals surface area contributed by atoms with Crippen LogP contribution in [0, 0.1) is 23.2 Å². The number of rotatable bonds is 10. The highest BCUT2D eigenvalue weighted by atomic mass is 16.5. The summed E-state index contributed by atoms with van der Waals surface area (Å²) < 4.78 is 5.83. The normalized spacial score (nSPS) is 21.9. The van der Waals surface area contributed by atoms with E-state index >= 15 is 0 Å². The van der Waals surface area contributed by atoms with Gasteiger partial charge in [0.05, 0.1) is 18.1 Å². The van der Waals surface area contributed by atoms with Crippen molar-refractivity contribution in [3.63, 3.8) is 0 Å². The maximum Gasteiger partial charge on any atom is 0.119 e. The molecule has 0 spiro atoms. The van der Waals surface area contributed by atoms with Gasteiger partial charge in [0.25, 0.3) is 0 Å². The van der Waals surface area contributed by atoms with Crippen LogP contribution in [0.3, 0.4) is 0 Å². The third kappa shape index (κ3) is 6.13. The molecule has 0 radical (unpaired) electrons. The van der Waals surface area contributed by atoms with Crippen LogP contribution in [0.1, 0.15) is 84.1 Å². The van der Waals surface area contributed by atoms with E-state index in [0.29, 0.717) is 0 Å². The van der Waals surface area contributed by atoms with Crippen LogP contribution in [0.4, 0.5) is 0 Å². The molecule has 0 aliphatic heterocycles. The molecule has 1 fully saturated rings. The van der Waals surface area contributed by atoms with E-state index in [2.05, 4.69) is 75.4 Å². The summed E-state index contributed by atoms with van der Waals surface area (Å²) in [7, 11) is 0. The molecule has 0 heterocycles. The lowest BCUT2D eigenvalue weighted by molar-refractivity contribution is 0.241. The molecule has 1 aliphatic rings. The highest BCUT2D eigenvalue weighted by Gasteiger charge is 2.37. The van der Waals surface area contributed by atoms with Gasteiger partial charge in [-0.15, -0.1) is 0 Å². The monoisotopic (exact) mass is 417 g/mol. The van der Waals surface area contributed by atoms with Crippen molar-refractivity contribution in [3.05, 3.63) is 54.1 Å². The second kappa shape index (κ2) is 11.4. The van der Waals surface area contributed by atoms with E-state index in [1.165, 1.54) is 55.2 Å². The fourth-order valence-corrected chi connectivity index (χ4v) is 4.87. The molecule has 2 aromatic carbocycles. The van der Waals surface area contributed by atoms with Gasteiger partial charge in [0.1, 0.15) is 5.75 Å². The summed E-state index contributed by atoms with van der Waals surface area (Å²) in [4.78, 5) is 0. The summed E-state index contributed by atoms with van der Waals surface area (Å²) >= 11 is 0. The van der Waals surface area contributed by atoms with Gasteiger partial charge in [-0.25, -0.2) is 0 Å². The summed E-state index contributed by atoms with van der Waals surface area (Å²) in [5, 5.41) is 10.1. The molecule has 2 aromatic rings. The Morgan fingerprint density at radius 2 is 1.58 bits per heavy atom. The summed E-state index contributed by atoms with van der Waals surface area (Å²) in [6.45, 7) is 7.63.